The molecule has 0 aliphatic rings. The zero-order valence-corrected chi connectivity index (χ0v) is 12.3. The molecule has 0 bridgehead atoms. The van der Waals surface area contributed by atoms with E-state index in [2.05, 4.69) is 4.98 Å². The van der Waals surface area contributed by atoms with Gasteiger partial charge in [-0.3, -0.25) is 9.36 Å². The topological polar surface area (TPSA) is 58.7 Å². The van der Waals surface area contributed by atoms with E-state index in [0.29, 0.717) is 23.9 Å². The molecule has 0 spiro atoms. The van der Waals surface area contributed by atoms with Crippen molar-refractivity contribution >= 4 is 10.9 Å². The summed E-state index contributed by atoms with van der Waals surface area (Å²) in [7, 11) is 0. The Morgan fingerprint density at radius 2 is 1.95 bits per heavy atom. The molecule has 4 heteroatoms. The molecule has 4 nitrogen and oxygen atoms in total. The van der Waals surface area contributed by atoms with Crippen LogP contribution in [0.1, 0.15) is 17.0 Å². The zero-order chi connectivity index (χ0) is 15.5. The third kappa shape index (κ3) is 2.61. The van der Waals surface area contributed by atoms with Crippen LogP contribution < -0.4 is 5.56 Å². The smallest absolute Gasteiger partial charge is 0.262 e. The third-order valence-electron chi connectivity index (χ3n) is 3.68. The van der Waals surface area contributed by atoms with Crippen LogP contribution in [0.25, 0.3) is 10.9 Å². The van der Waals surface area contributed by atoms with Crippen molar-refractivity contribution in [2.24, 2.45) is 0 Å². The van der Waals surface area contributed by atoms with Gasteiger partial charge in [0.15, 0.2) is 0 Å². The molecule has 0 fully saturated rings. The molecule has 1 aromatic heterocycles. The van der Waals surface area contributed by atoms with Crippen LogP contribution in [0.2, 0.25) is 0 Å². The maximum atomic E-state index is 12.6. The number of fused-ring (bicyclic) bond motifs is 1. The van der Waals surface area contributed by atoms with Gasteiger partial charge in [-0.2, -0.15) is 5.26 Å². The first-order chi connectivity index (χ1) is 10.7. The van der Waals surface area contributed by atoms with Crippen molar-refractivity contribution in [1.29, 1.82) is 5.26 Å². The van der Waals surface area contributed by atoms with E-state index >= 15 is 0 Å². The van der Waals surface area contributed by atoms with Crippen LogP contribution in [0, 0.1) is 18.3 Å². The van der Waals surface area contributed by atoms with E-state index in [4.69, 9.17) is 0 Å². The number of aromatic nitrogens is 2. The molecule has 0 unspecified atom stereocenters. The fourth-order valence-corrected chi connectivity index (χ4v) is 2.51. The van der Waals surface area contributed by atoms with Crippen LogP contribution in [0.4, 0.5) is 0 Å². The Kier molecular flexibility index (Phi) is 3.71. The summed E-state index contributed by atoms with van der Waals surface area (Å²) in [5, 5.41) is 9.85. The van der Waals surface area contributed by atoms with E-state index in [0.717, 1.165) is 11.1 Å². The van der Waals surface area contributed by atoms with E-state index in [1.54, 1.807) is 6.07 Å². The van der Waals surface area contributed by atoms with E-state index in [-0.39, 0.29) is 11.4 Å². The summed E-state index contributed by atoms with van der Waals surface area (Å²) in [5.41, 5.74) is 2.57. The Bertz CT molecular complexity index is 921. The minimum atomic E-state index is -0.155. The van der Waals surface area contributed by atoms with Gasteiger partial charge in [-0.25, -0.2) is 4.98 Å². The van der Waals surface area contributed by atoms with Crippen molar-refractivity contribution in [1.82, 2.24) is 9.55 Å². The van der Waals surface area contributed by atoms with Crippen molar-refractivity contribution in [2.75, 3.05) is 0 Å². The summed E-state index contributed by atoms with van der Waals surface area (Å²) in [4.78, 5) is 16.9. The molecule has 108 valence electrons. The quantitative estimate of drug-likeness (QED) is 0.745. The van der Waals surface area contributed by atoms with Gasteiger partial charge in [0, 0.05) is 6.54 Å². The summed E-state index contributed by atoms with van der Waals surface area (Å²) in [5.74, 6) is 0.166. The monoisotopic (exact) mass is 289 g/mol. The Labute approximate surface area is 128 Å². The van der Waals surface area contributed by atoms with Gasteiger partial charge in [-0.15, -0.1) is 0 Å². The lowest BCUT2D eigenvalue weighted by Crippen LogP contribution is -2.25. The summed E-state index contributed by atoms with van der Waals surface area (Å²) in [6, 6.07) is 17.4. The number of aryl methyl sites for hydroxylation is 2. The molecule has 0 N–H and O–H groups in total. The van der Waals surface area contributed by atoms with Crippen LogP contribution in [0.5, 0.6) is 0 Å². The van der Waals surface area contributed by atoms with Crippen molar-refractivity contribution in [3.05, 3.63) is 75.8 Å². The third-order valence-corrected chi connectivity index (χ3v) is 3.68. The van der Waals surface area contributed by atoms with Crippen LogP contribution in [-0.2, 0) is 13.0 Å². The van der Waals surface area contributed by atoms with E-state index in [1.165, 1.54) is 4.57 Å². The number of hydrogen-bond donors (Lipinski definition) is 0. The van der Waals surface area contributed by atoms with Gasteiger partial charge in [-0.1, -0.05) is 36.4 Å². The van der Waals surface area contributed by atoms with Crippen LogP contribution >= 0.6 is 0 Å². The normalized spacial score (nSPS) is 10.5. The largest absolute Gasteiger partial charge is 0.283 e. The first kappa shape index (κ1) is 14.0. The fraction of sp³-hybridized carbons (Fsp3) is 0.167. The number of benzene rings is 2. The molecule has 0 radical (unpaired) electrons. The van der Waals surface area contributed by atoms with E-state index in [1.807, 2.05) is 55.5 Å². The van der Waals surface area contributed by atoms with Gasteiger partial charge in [0.1, 0.15) is 6.07 Å². The molecule has 0 saturated carbocycles. The van der Waals surface area contributed by atoms with Crippen LogP contribution in [-0.4, -0.2) is 9.55 Å². The number of hydrogen-bond acceptors (Lipinski definition) is 3. The molecule has 0 atom stereocenters. The summed E-state index contributed by atoms with van der Waals surface area (Å²) >= 11 is 0. The van der Waals surface area contributed by atoms with Crippen LogP contribution in [0.3, 0.4) is 0 Å². The minimum absolute atomic E-state index is 0.155. The second-order valence-corrected chi connectivity index (χ2v) is 5.26. The molecule has 0 aliphatic carbocycles. The molecule has 2 aromatic carbocycles. The molecule has 3 rings (SSSR count). The van der Waals surface area contributed by atoms with Crippen molar-refractivity contribution in [3.63, 3.8) is 0 Å². The second kappa shape index (κ2) is 5.82. The molecule has 0 aliphatic heterocycles. The Morgan fingerprint density at radius 3 is 2.68 bits per heavy atom. The minimum Gasteiger partial charge on any atom is -0.283 e. The standard InChI is InChI=1S/C18H15N3O/c1-13-7-8-15-16(11-13)20-17(12-19)21(18(15)22)10-9-14-5-3-2-4-6-14/h2-8,11H,9-10H2,1H3. The van der Waals surface area contributed by atoms with E-state index < -0.39 is 0 Å². The summed E-state index contributed by atoms with van der Waals surface area (Å²) in [6.07, 6.45) is 0.689. The average Bonchev–Trinajstić information content (AvgIpc) is 2.54. The average molecular weight is 289 g/mol. The SMILES string of the molecule is Cc1ccc2c(=O)n(CCc3ccccc3)c(C#N)nc2c1. The Hall–Kier alpha value is -2.93. The van der Waals surface area contributed by atoms with Crippen molar-refractivity contribution in [3.8, 4) is 6.07 Å². The van der Waals surface area contributed by atoms with Gasteiger partial charge in [0.2, 0.25) is 5.82 Å². The highest BCUT2D eigenvalue weighted by atomic mass is 16.1. The van der Waals surface area contributed by atoms with Gasteiger partial charge in [-0.05, 0) is 36.6 Å². The predicted molar refractivity (Wildman–Crippen MR) is 85.6 cm³/mol. The maximum Gasteiger partial charge on any atom is 0.262 e. The molecule has 3 aromatic rings. The Morgan fingerprint density at radius 1 is 1.18 bits per heavy atom. The lowest BCUT2D eigenvalue weighted by Gasteiger charge is -2.09. The molecule has 0 saturated heterocycles. The molecule has 1 heterocycles. The lowest BCUT2D eigenvalue weighted by molar-refractivity contribution is 0.652. The summed E-state index contributed by atoms with van der Waals surface area (Å²) < 4.78 is 1.46. The Balaban J connectivity index is 2.05. The maximum absolute atomic E-state index is 12.6. The highest BCUT2D eigenvalue weighted by Gasteiger charge is 2.10. The fourth-order valence-electron chi connectivity index (χ4n) is 2.51. The summed E-state index contributed by atoms with van der Waals surface area (Å²) in [6.45, 7) is 2.39. The van der Waals surface area contributed by atoms with Gasteiger partial charge >= 0.3 is 0 Å². The first-order valence-electron chi connectivity index (χ1n) is 7.14. The van der Waals surface area contributed by atoms with Crippen LogP contribution in [0.15, 0.2) is 53.3 Å². The molecule has 22 heavy (non-hydrogen) atoms. The molecular weight excluding hydrogens is 274 g/mol. The molecular formula is C18H15N3O. The van der Waals surface area contributed by atoms with E-state index in [9.17, 15) is 10.1 Å². The highest BCUT2D eigenvalue weighted by Crippen LogP contribution is 2.11. The van der Waals surface area contributed by atoms with Crippen molar-refractivity contribution in [2.45, 2.75) is 19.9 Å². The highest BCUT2D eigenvalue weighted by molar-refractivity contribution is 5.78. The first-order valence-corrected chi connectivity index (χ1v) is 7.14. The zero-order valence-electron chi connectivity index (χ0n) is 12.3. The van der Waals surface area contributed by atoms with Gasteiger partial charge in [0.05, 0.1) is 10.9 Å². The number of nitrogens with zero attached hydrogens (tertiary/aromatic N) is 3. The predicted octanol–water partition coefficient (Wildman–Crippen LogP) is 2.82. The number of rotatable bonds is 3. The second-order valence-electron chi connectivity index (χ2n) is 5.26. The molecule has 0 amide bonds. The van der Waals surface area contributed by atoms with Crippen molar-refractivity contribution < 1.29 is 0 Å². The van der Waals surface area contributed by atoms with Gasteiger partial charge in [0.25, 0.3) is 5.56 Å². The number of nitriles is 1. The van der Waals surface area contributed by atoms with Gasteiger partial charge < -0.3 is 0 Å². The lowest BCUT2D eigenvalue weighted by atomic mass is 10.1.